The third-order valence-corrected chi connectivity index (χ3v) is 7.53. The highest BCUT2D eigenvalue weighted by atomic mass is 35.5. The van der Waals surface area contributed by atoms with Gasteiger partial charge < -0.3 is 20.2 Å². The van der Waals surface area contributed by atoms with Crippen LogP contribution >= 0.6 is 11.6 Å². The number of alkyl halides is 3. The van der Waals surface area contributed by atoms with Crippen molar-refractivity contribution >= 4 is 34.2 Å². The zero-order chi connectivity index (χ0) is 26.3. The van der Waals surface area contributed by atoms with Crippen LogP contribution in [0.5, 0.6) is 0 Å². The summed E-state index contributed by atoms with van der Waals surface area (Å²) in [5, 5.41) is 21.6. The second kappa shape index (κ2) is 10.1. The lowest BCUT2D eigenvalue weighted by Gasteiger charge is -2.42. The lowest BCUT2D eigenvalue weighted by atomic mass is 10.0. The number of aliphatic hydroxyl groups excluding tert-OH is 1. The summed E-state index contributed by atoms with van der Waals surface area (Å²) in [6.07, 6.45) is -2.81. The van der Waals surface area contributed by atoms with Crippen LogP contribution in [0.2, 0.25) is 5.02 Å². The van der Waals surface area contributed by atoms with Gasteiger partial charge in [-0.05, 0) is 62.2 Å². The molecule has 0 bridgehead atoms. The number of hydrogen-bond donors (Lipinski definition) is 2. The number of amides is 1. The van der Waals surface area contributed by atoms with Crippen molar-refractivity contribution in [2.24, 2.45) is 0 Å². The molecule has 0 saturated carbocycles. The fraction of sp³-hybridized carbons (Fsp3) is 0.480. The molecule has 2 aliphatic rings. The molecule has 1 amide bonds. The Balaban J connectivity index is 1.42. The van der Waals surface area contributed by atoms with Gasteiger partial charge in [0.25, 0.3) is 0 Å². The average molecular weight is 537 g/mol. The SMILES string of the molecule is CC(c1ccc(Cl)cc1C(F)(F)F)n1nnc2ccc(N3CCN(C(=O)C4CCCN4)[C@H](CO)C3)cc21. The summed E-state index contributed by atoms with van der Waals surface area (Å²) in [7, 11) is 0. The molecule has 0 spiro atoms. The van der Waals surface area contributed by atoms with Gasteiger partial charge in [-0.1, -0.05) is 22.9 Å². The summed E-state index contributed by atoms with van der Waals surface area (Å²) in [6, 6.07) is 7.92. The minimum atomic E-state index is -4.57. The Morgan fingerprint density at radius 1 is 1.24 bits per heavy atom. The number of aliphatic hydroxyl groups is 1. The van der Waals surface area contributed by atoms with Gasteiger partial charge in [-0.2, -0.15) is 13.2 Å². The van der Waals surface area contributed by atoms with E-state index in [0.29, 0.717) is 30.7 Å². The molecular formula is C25H28ClF3N6O2. The number of carbonyl (C=O) groups is 1. The Morgan fingerprint density at radius 3 is 2.76 bits per heavy atom. The van der Waals surface area contributed by atoms with E-state index in [1.807, 2.05) is 12.1 Å². The highest BCUT2D eigenvalue weighted by molar-refractivity contribution is 6.30. The van der Waals surface area contributed by atoms with Crippen LogP contribution in [0, 0.1) is 0 Å². The first-order valence-corrected chi connectivity index (χ1v) is 12.7. The number of anilines is 1. The molecule has 2 aromatic carbocycles. The third-order valence-electron chi connectivity index (χ3n) is 7.29. The smallest absolute Gasteiger partial charge is 0.394 e. The van der Waals surface area contributed by atoms with Crippen molar-refractivity contribution in [2.75, 3.05) is 37.7 Å². The molecule has 3 heterocycles. The predicted octanol–water partition coefficient (Wildman–Crippen LogP) is 3.47. The maximum atomic E-state index is 13.7. The molecule has 3 atom stereocenters. The van der Waals surface area contributed by atoms with E-state index in [9.17, 15) is 23.1 Å². The number of nitrogens with zero attached hydrogens (tertiary/aromatic N) is 5. The van der Waals surface area contributed by atoms with E-state index in [-0.39, 0.29) is 35.2 Å². The number of fused-ring (bicyclic) bond motifs is 1. The molecule has 2 N–H and O–H groups in total. The topological polar surface area (TPSA) is 86.5 Å². The van der Waals surface area contributed by atoms with E-state index < -0.39 is 17.8 Å². The zero-order valence-electron chi connectivity index (χ0n) is 20.2. The molecule has 0 radical (unpaired) electrons. The maximum Gasteiger partial charge on any atom is 0.416 e. The molecule has 2 fully saturated rings. The summed E-state index contributed by atoms with van der Waals surface area (Å²) >= 11 is 5.86. The lowest BCUT2D eigenvalue weighted by molar-refractivity contribution is -0.138. The van der Waals surface area contributed by atoms with Gasteiger partial charge in [0.15, 0.2) is 0 Å². The first kappa shape index (κ1) is 25.7. The van der Waals surface area contributed by atoms with Crippen molar-refractivity contribution in [1.82, 2.24) is 25.2 Å². The molecule has 3 aromatic rings. The molecule has 12 heteroatoms. The second-order valence-corrected chi connectivity index (χ2v) is 10.0. The minimum Gasteiger partial charge on any atom is -0.394 e. The van der Waals surface area contributed by atoms with E-state index in [2.05, 4.69) is 20.5 Å². The number of piperazine rings is 1. The van der Waals surface area contributed by atoms with E-state index in [1.165, 1.54) is 16.8 Å². The van der Waals surface area contributed by atoms with Crippen LogP contribution in [0.15, 0.2) is 36.4 Å². The quantitative estimate of drug-likeness (QED) is 0.519. The van der Waals surface area contributed by atoms with Crippen molar-refractivity contribution < 1.29 is 23.1 Å². The largest absolute Gasteiger partial charge is 0.416 e. The van der Waals surface area contributed by atoms with Gasteiger partial charge >= 0.3 is 6.18 Å². The molecule has 2 unspecified atom stereocenters. The fourth-order valence-electron chi connectivity index (χ4n) is 5.31. The summed E-state index contributed by atoms with van der Waals surface area (Å²) in [4.78, 5) is 16.8. The number of halogens is 4. The Morgan fingerprint density at radius 2 is 2.05 bits per heavy atom. The summed E-state index contributed by atoms with van der Waals surface area (Å²) in [5.74, 6) is 0.0196. The Hall–Kier alpha value is -2.89. The fourth-order valence-corrected chi connectivity index (χ4v) is 5.48. The van der Waals surface area contributed by atoms with Crippen molar-refractivity contribution in [3.63, 3.8) is 0 Å². The minimum absolute atomic E-state index is 0.00813. The number of aromatic nitrogens is 3. The van der Waals surface area contributed by atoms with Crippen LogP contribution < -0.4 is 10.2 Å². The van der Waals surface area contributed by atoms with Gasteiger partial charge in [-0.25, -0.2) is 4.68 Å². The number of hydrogen-bond acceptors (Lipinski definition) is 6. The van der Waals surface area contributed by atoms with Crippen molar-refractivity contribution in [3.8, 4) is 0 Å². The number of carbonyl (C=O) groups excluding carboxylic acids is 1. The normalized spacial score (nSPS) is 21.6. The number of nitrogens with one attached hydrogen (secondary N) is 1. The predicted molar refractivity (Wildman–Crippen MR) is 134 cm³/mol. The van der Waals surface area contributed by atoms with Gasteiger partial charge in [0.2, 0.25) is 5.91 Å². The Labute approximate surface area is 217 Å². The highest BCUT2D eigenvalue weighted by Crippen LogP contribution is 2.38. The zero-order valence-corrected chi connectivity index (χ0v) is 21.0. The summed E-state index contributed by atoms with van der Waals surface area (Å²) in [6.45, 7) is 3.77. The Bertz CT molecular complexity index is 1290. The average Bonchev–Trinajstić information content (AvgIpc) is 3.57. The van der Waals surface area contributed by atoms with Gasteiger partial charge in [0.05, 0.1) is 35.8 Å². The van der Waals surface area contributed by atoms with Crippen LogP contribution in [-0.4, -0.2) is 75.8 Å². The van der Waals surface area contributed by atoms with Crippen LogP contribution in [0.3, 0.4) is 0 Å². The molecule has 1 aromatic heterocycles. The first-order chi connectivity index (χ1) is 17.7. The van der Waals surface area contributed by atoms with Crippen LogP contribution in [0.1, 0.15) is 36.9 Å². The summed E-state index contributed by atoms with van der Waals surface area (Å²) < 4.78 is 42.7. The number of rotatable bonds is 5. The molecule has 5 rings (SSSR count). The standard InChI is InChI=1S/C25H28ClF3N6O2/c1-15(19-6-4-16(26)11-20(19)25(27,28)29)35-23-12-17(5-7-21(23)31-32-35)33-9-10-34(18(13-33)14-36)24(37)22-3-2-8-30-22/h4-7,11-12,15,18,22,30,36H,2-3,8-10,13-14H2,1H3/t15?,18-,22?/m0/s1. The number of benzene rings is 2. The first-order valence-electron chi connectivity index (χ1n) is 12.3. The molecular weight excluding hydrogens is 509 g/mol. The molecule has 198 valence electrons. The molecule has 2 saturated heterocycles. The van der Waals surface area contributed by atoms with Crippen LogP contribution in [0.4, 0.5) is 18.9 Å². The highest BCUT2D eigenvalue weighted by Gasteiger charge is 2.37. The monoisotopic (exact) mass is 536 g/mol. The van der Waals surface area contributed by atoms with Gasteiger partial charge in [-0.15, -0.1) is 5.10 Å². The third kappa shape index (κ3) is 4.99. The van der Waals surface area contributed by atoms with E-state index >= 15 is 0 Å². The van der Waals surface area contributed by atoms with E-state index in [1.54, 1.807) is 17.9 Å². The van der Waals surface area contributed by atoms with Crippen LogP contribution in [-0.2, 0) is 11.0 Å². The molecule has 37 heavy (non-hydrogen) atoms. The van der Waals surface area contributed by atoms with Gasteiger partial charge in [0, 0.05) is 30.3 Å². The molecule has 0 aliphatic carbocycles. The lowest BCUT2D eigenvalue weighted by Crippen LogP contribution is -2.59. The Kier molecular flexibility index (Phi) is 7.03. The van der Waals surface area contributed by atoms with Crippen molar-refractivity contribution in [1.29, 1.82) is 0 Å². The second-order valence-electron chi connectivity index (χ2n) is 9.58. The summed E-state index contributed by atoms with van der Waals surface area (Å²) in [5.41, 5.74) is 1.19. The van der Waals surface area contributed by atoms with Gasteiger partial charge in [0.1, 0.15) is 5.52 Å². The van der Waals surface area contributed by atoms with Gasteiger partial charge in [-0.3, -0.25) is 4.79 Å². The van der Waals surface area contributed by atoms with Crippen molar-refractivity contribution in [2.45, 2.75) is 44.1 Å². The van der Waals surface area contributed by atoms with E-state index in [0.717, 1.165) is 31.1 Å². The van der Waals surface area contributed by atoms with Crippen molar-refractivity contribution in [3.05, 3.63) is 52.5 Å². The molecule has 8 nitrogen and oxygen atoms in total. The van der Waals surface area contributed by atoms with E-state index in [4.69, 9.17) is 11.6 Å². The molecule has 2 aliphatic heterocycles. The van der Waals surface area contributed by atoms with Crippen LogP contribution in [0.25, 0.3) is 11.0 Å². The maximum absolute atomic E-state index is 13.7.